The van der Waals surface area contributed by atoms with Gasteiger partial charge in [0.05, 0.1) is 10.7 Å². The topological polar surface area (TPSA) is 37.8 Å². The standard InChI is InChI=1S/C16H23N3S/c1-11-6-7-12(9-18-11)13(17-5)8-15-19-14(10-20-15)16(2,3)4/h6-7,9-10,13,17H,8H2,1-5H3. The summed E-state index contributed by atoms with van der Waals surface area (Å²) in [7, 11) is 1.99. The van der Waals surface area contributed by atoms with Crippen molar-refractivity contribution in [2.45, 2.75) is 45.6 Å². The van der Waals surface area contributed by atoms with Gasteiger partial charge in [0.25, 0.3) is 0 Å². The maximum absolute atomic E-state index is 4.77. The summed E-state index contributed by atoms with van der Waals surface area (Å²) in [5.74, 6) is 0. The molecule has 2 heterocycles. The van der Waals surface area contributed by atoms with Crippen molar-refractivity contribution in [3.05, 3.63) is 45.7 Å². The molecule has 2 rings (SSSR count). The van der Waals surface area contributed by atoms with E-state index in [1.165, 1.54) is 16.3 Å². The van der Waals surface area contributed by atoms with Gasteiger partial charge in [-0.25, -0.2) is 4.98 Å². The molecule has 0 saturated carbocycles. The van der Waals surface area contributed by atoms with Crippen LogP contribution in [0.1, 0.15) is 48.8 Å². The van der Waals surface area contributed by atoms with Crippen LogP contribution in [0.3, 0.4) is 0 Å². The predicted octanol–water partition coefficient (Wildman–Crippen LogP) is 3.65. The third kappa shape index (κ3) is 3.64. The van der Waals surface area contributed by atoms with Gasteiger partial charge in [0.15, 0.2) is 0 Å². The lowest BCUT2D eigenvalue weighted by molar-refractivity contribution is 0.559. The lowest BCUT2D eigenvalue weighted by Crippen LogP contribution is -2.19. The fourth-order valence-corrected chi connectivity index (χ4v) is 3.06. The number of pyridine rings is 1. The minimum Gasteiger partial charge on any atom is -0.313 e. The van der Waals surface area contributed by atoms with Gasteiger partial charge in [-0.3, -0.25) is 4.98 Å². The van der Waals surface area contributed by atoms with Crippen LogP contribution in [0.15, 0.2) is 23.7 Å². The van der Waals surface area contributed by atoms with Crippen LogP contribution >= 0.6 is 11.3 Å². The Morgan fingerprint density at radius 1 is 1.30 bits per heavy atom. The lowest BCUT2D eigenvalue weighted by Gasteiger charge is -2.16. The molecule has 0 radical (unpaired) electrons. The van der Waals surface area contributed by atoms with E-state index in [-0.39, 0.29) is 11.5 Å². The average molecular weight is 289 g/mol. The van der Waals surface area contributed by atoms with Gasteiger partial charge in [-0.05, 0) is 25.6 Å². The molecule has 2 aromatic heterocycles. The highest BCUT2D eigenvalue weighted by atomic mass is 32.1. The number of hydrogen-bond donors (Lipinski definition) is 1. The Morgan fingerprint density at radius 3 is 2.55 bits per heavy atom. The number of rotatable bonds is 4. The SMILES string of the molecule is CNC(Cc1nc(C(C)(C)C)cs1)c1ccc(C)nc1. The molecule has 0 aliphatic carbocycles. The van der Waals surface area contributed by atoms with Crippen LogP contribution in [0.4, 0.5) is 0 Å². The average Bonchev–Trinajstić information content (AvgIpc) is 2.85. The van der Waals surface area contributed by atoms with Gasteiger partial charge in [-0.1, -0.05) is 26.8 Å². The molecule has 0 aromatic carbocycles. The van der Waals surface area contributed by atoms with Crippen molar-refractivity contribution in [1.82, 2.24) is 15.3 Å². The summed E-state index contributed by atoms with van der Waals surface area (Å²) >= 11 is 1.75. The Labute approximate surface area is 125 Å². The van der Waals surface area contributed by atoms with E-state index in [1.54, 1.807) is 11.3 Å². The number of thiazole rings is 1. The monoisotopic (exact) mass is 289 g/mol. The van der Waals surface area contributed by atoms with E-state index >= 15 is 0 Å². The number of likely N-dealkylation sites (N-methyl/N-ethyl adjacent to an activating group) is 1. The van der Waals surface area contributed by atoms with E-state index in [1.807, 2.05) is 20.2 Å². The first kappa shape index (κ1) is 15.1. The Hall–Kier alpha value is -1.26. The number of aromatic nitrogens is 2. The van der Waals surface area contributed by atoms with Gasteiger partial charge in [0, 0.05) is 35.1 Å². The molecule has 0 fully saturated rings. The number of nitrogens with zero attached hydrogens (tertiary/aromatic N) is 2. The summed E-state index contributed by atoms with van der Waals surface area (Å²) in [5, 5.41) is 6.71. The second-order valence-corrected chi connectivity index (χ2v) is 7.10. The molecule has 1 unspecified atom stereocenters. The summed E-state index contributed by atoms with van der Waals surface area (Å²) in [6.07, 6.45) is 2.86. The van der Waals surface area contributed by atoms with Crippen molar-refractivity contribution in [2.24, 2.45) is 0 Å². The van der Waals surface area contributed by atoms with Crippen molar-refractivity contribution < 1.29 is 0 Å². The van der Waals surface area contributed by atoms with Crippen molar-refractivity contribution in [2.75, 3.05) is 7.05 Å². The number of nitrogens with one attached hydrogen (secondary N) is 1. The number of hydrogen-bond acceptors (Lipinski definition) is 4. The lowest BCUT2D eigenvalue weighted by atomic mass is 9.93. The summed E-state index contributed by atoms with van der Waals surface area (Å²) in [6, 6.07) is 4.46. The highest BCUT2D eigenvalue weighted by Crippen LogP contribution is 2.26. The molecule has 0 spiro atoms. The second-order valence-electron chi connectivity index (χ2n) is 6.15. The Kier molecular flexibility index (Phi) is 4.55. The second kappa shape index (κ2) is 6.02. The first-order chi connectivity index (χ1) is 9.40. The van der Waals surface area contributed by atoms with Crippen LogP contribution in [0.5, 0.6) is 0 Å². The Morgan fingerprint density at radius 2 is 2.05 bits per heavy atom. The summed E-state index contributed by atoms with van der Waals surface area (Å²) < 4.78 is 0. The van der Waals surface area contributed by atoms with E-state index in [2.05, 4.69) is 48.6 Å². The molecule has 1 atom stereocenters. The molecule has 0 aliphatic rings. The fourth-order valence-electron chi connectivity index (χ4n) is 2.00. The molecule has 0 bridgehead atoms. The Bertz CT molecular complexity index is 552. The smallest absolute Gasteiger partial charge is 0.0947 e. The van der Waals surface area contributed by atoms with E-state index in [0.29, 0.717) is 0 Å². The van der Waals surface area contributed by atoms with Crippen LogP contribution in [-0.2, 0) is 11.8 Å². The molecule has 108 valence electrons. The highest BCUT2D eigenvalue weighted by Gasteiger charge is 2.19. The molecule has 0 saturated heterocycles. The van der Waals surface area contributed by atoms with Gasteiger partial charge in [-0.2, -0.15) is 0 Å². The van der Waals surface area contributed by atoms with E-state index < -0.39 is 0 Å². The molecule has 1 N–H and O–H groups in total. The summed E-state index contributed by atoms with van der Waals surface area (Å²) in [6.45, 7) is 8.61. The van der Waals surface area contributed by atoms with Crippen LogP contribution in [0, 0.1) is 6.92 Å². The first-order valence-corrected chi connectivity index (χ1v) is 7.83. The van der Waals surface area contributed by atoms with Crippen LogP contribution in [0.2, 0.25) is 0 Å². The van der Waals surface area contributed by atoms with Gasteiger partial charge in [0.2, 0.25) is 0 Å². The first-order valence-electron chi connectivity index (χ1n) is 6.95. The van der Waals surface area contributed by atoms with E-state index in [9.17, 15) is 0 Å². The molecule has 2 aromatic rings. The zero-order valence-corrected chi connectivity index (χ0v) is 13.7. The molecule has 4 heteroatoms. The zero-order chi connectivity index (χ0) is 14.8. The maximum atomic E-state index is 4.77. The summed E-state index contributed by atoms with van der Waals surface area (Å²) in [5.41, 5.74) is 3.56. The number of aryl methyl sites for hydroxylation is 1. The molecule has 0 amide bonds. The molecule has 0 aliphatic heterocycles. The van der Waals surface area contributed by atoms with E-state index in [4.69, 9.17) is 4.98 Å². The van der Waals surface area contributed by atoms with Crippen LogP contribution in [0.25, 0.3) is 0 Å². The minimum absolute atomic E-state index is 0.120. The largest absolute Gasteiger partial charge is 0.313 e. The van der Waals surface area contributed by atoms with Gasteiger partial charge in [-0.15, -0.1) is 11.3 Å². The van der Waals surface area contributed by atoms with Crippen molar-refractivity contribution in [3.8, 4) is 0 Å². The Balaban J connectivity index is 2.14. The van der Waals surface area contributed by atoms with Crippen molar-refractivity contribution in [1.29, 1.82) is 0 Å². The molecule has 3 nitrogen and oxygen atoms in total. The molecular weight excluding hydrogens is 266 g/mol. The quantitative estimate of drug-likeness (QED) is 0.933. The van der Waals surface area contributed by atoms with Crippen molar-refractivity contribution >= 4 is 11.3 Å². The van der Waals surface area contributed by atoms with E-state index in [0.717, 1.165) is 12.1 Å². The maximum Gasteiger partial charge on any atom is 0.0947 e. The predicted molar refractivity (Wildman–Crippen MR) is 85.3 cm³/mol. The van der Waals surface area contributed by atoms with Gasteiger partial charge in [0.1, 0.15) is 0 Å². The zero-order valence-electron chi connectivity index (χ0n) is 12.9. The summed E-state index contributed by atoms with van der Waals surface area (Å²) in [4.78, 5) is 9.15. The third-order valence-electron chi connectivity index (χ3n) is 3.38. The van der Waals surface area contributed by atoms with Gasteiger partial charge < -0.3 is 5.32 Å². The van der Waals surface area contributed by atoms with Gasteiger partial charge >= 0.3 is 0 Å². The van der Waals surface area contributed by atoms with Crippen LogP contribution < -0.4 is 5.32 Å². The van der Waals surface area contributed by atoms with Crippen LogP contribution in [-0.4, -0.2) is 17.0 Å². The molecule has 20 heavy (non-hydrogen) atoms. The fraction of sp³-hybridized carbons (Fsp3) is 0.500. The third-order valence-corrected chi connectivity index (χ3v) is 4.26. The normalized spacial score (nSPS) is 13.4. The van der Waals surface area contributed by atoms with Crippen molar-refractivity contribution in [3.63, 3.8) is 0 Å². The molecular formula is C16H23N3S. The minimum atomic E-state index is 0.120. The highest BCUT2D eigenvalue weighted by molar-refractivity contribution is 7.09.